The van der Waals surface area contributed by atoms with E-state index in [0.29, 0.717) is 13.2 Å². The lowest BCUT2D eigenvalue weighted by molar-refractivity contribution is 0.196. The van der Waals surface area contributed by atoms with Gasteiger partial charge in [-0.1, -0.05) is 6.07 Å². The smallest absolute Gasteiger partial charge is 0.317 e. The first-order valence-corrected chi connectivity index (χ1v) is 9.33. The highest BCUT2D eigenvalue weighted by Gasteiger charge is 2.14. The zero-order valence-electron chi connectivity index (χ0n) is 15.0. The van der Waals surface area contributed by atoms with E-state index in [9.17, 15) is 13.2 Å². The Morgan fingerprint density at radius 1 is 1.12 bits per heavy atom. The molecule has 0 aromatic heterocycles. The maximum Gasteiger partial charge on any atom is 0.317 e. The zero-order chi connectivity index (χ0) is 18.3. The molecule has 0 aliphatic heterocycles. The van der Waals surface area contributed by atoms with Crippen molar-refractivity contribution >= 4 is 16.1 Å². The Kier molecular flexibility index (Phi) is 7.50. The second-order valence-corrected chi connectivity index (χ2v) is 8.23. The standard InChI is InChI=1S/C16H27N3O4S/c1-13-10-14(2)12-15(11-13)23-8-7-19(5)16(20)17-6-9-24(21,22)18(3)4/h10-12H,6-9H2,1-5H3,(H,17,20). The van der Waals surface area contributed by atoms with Gasteiger partial charge in [0.15, 0.2) is 0 Å². The van der Waals surface area contributed by atoms with Crippen LogP contribution in [0.2, 0.25) is 0 Å². The number of sulfonamides is 1. The third-order valence-corrected chi connectivity index (χ3v) is 5.26. The van der Waals surface area contributed by atoms with Gasteiger partial charge in [-0.15, -0.1) is 0 Å². The maximum absolute atomic E-state index is 11.9. The predicted octanol–water partition coefficient (Wildman–Crippen LogP) is 1.22. The molecule has 0 saturated heterocycles. The lowest BCUT2D eigenvalue weighted by Gasteiger charge is -2.19. The summed E-state index contributed by atoms with van der Waals surface area (Å²) in [6.07, 6.45) is 0. The molecule has 8 heteroatoms. The van der Waals surface area contributed by atoms with Gasteiger partial charge < -0.3 is 15.0 Å². The van der Waals surface area contributed by atoms with Gasteiger partial charge in [0.25, 0.3) is 0 Å². The summed E-state index contributed by atoms with van der Waals surface area (Å²) in [5.41, 5.74) is 2.25. The van der Waals surface area contributed by atoms with Gasteiger partial charge in [-0.05, 0) is 37.1 Å². The third kappa shape index (κ3) is 6.76. The Morgan fingerprint density at radius 2 is 1.71 bits per heavy atom. The minimum atomic E-state index is -3.31. The molecule has 2 amide bonds. The first-order chi connectivity index (χ1) is 11.1. The molecule has 0 aliphatic carbocycles. The van der Waals surface area contributed by atoms with Crippen LogP contribution < -0.4 is 10.1 Å². The average Bonchev–Trinajstić information content (AvgIpc) is 2.45. The summed E-state index contributed by atoms with van der Waals surface area (Å²) in [5.74, 6) is 0.650. The van der Waals surface area contributed by atoms with Crippen LogP contribution in [-0.2, 0) is 10.0 Å². The van der Waals surface area contributed by atoms with E-state index in [2.05, 4.69) is 11.4 Å². The maximum atomic E-state index is 11.9. The molecule has 136 valence electrons. The number of carbonyl (C=O) groups is 1. The highest BCUT2D eigenvalue weighted by Crippen LogP contribution is 2.15. The van der Waals surface area contributed by atoms with E-state index >= 15 is 0 Å². The molecule has 1 aromatic rings. The second kappa shape index (κ2) is 8.89. The van der Waals surface area contributed by atoms with E-state index in [1.165, 1.54) is 19.0 Å². The van der Waals surface area contributed by atoms with Crippen molar-refractivity contribution in [2.75, 3.05) is 46.6 Å². The van der Waals surface area contributed by atoms with Crippen molar-refractivity contribution in [1.82, 2.24) is 14.5 Å². The molecule has 0 unspecified atom stereocenters. The van der Waals surface area contributed by atoms with Crippen LogP contribution >= 0.6 is 0 Å². The molecule has 1 aromatic carbocycles. The van der Waals surface area contributed by atoms with E-state index in [4.69, 9.17) is 4.74 Å². The fraction of sp³-hybridized carbons (Fsp3) is 0.562. The predicted molar refractivity (Wildman–Crippen MR) is 94.9 cm³/mol. The number of nitrogens with zero attached hydrogens (tertiary/aromatic N) is 2. The van der Waals surface area contributed by atoms with Crippen LogP contribution in [0.25, 0.3) is 0 Å². The van der Waals surface area contributed by atoms with Crippen molar-refractivity contribution < 1.29 is 17.9 Å². The number of amides is 2. The average molecular weight is 357 g/mol. The number of hydrogen-bond acceptors (Lipinski definition) is 4. The van der Waals surface area contributed by atoms with E-state index < -0.39 is 10.0 Å². The van der Waals surface area contributed by atoms with Crippen LogP contribution in [0.1, 0.15) is 11.1 Å². The van der Waals surface area contributed by atoms with Crippen molar-refractivity contribution in [2.45, 2.75) is 13.8 Å². The minimum Gasteiger partial charge on any atom is -0.492 e. The molecule has 0 atom stereocenters. The topological polar surface area (TPSA) is 79.0 Å². The summed E-state index contributed by atoms with van der Waals surface area (Å²) < 4.78 is 30.0. The number of aryl methyl sites for hydroxylation is 2. The number of carbonyl (C=O) groups excluding carboxylic acids is 1. The fourth-order valence-corrected chi connectivity index (χ4v) is 2.75. The fourth-order valence-electron chi connectivity index (χ4n) is 2.02. The summed E-state index contributed by atoms with van der Waals surface area (Å²) in [6.45, 7) is 4.84. The highest BCUT2D eigenvalue weighted by molar-refractivity contribution is 7.89. The van der Waals surface area contributed by atoms with Crippen LogP contribution in [0.15, 0.2) is 18.2 Å². The van der Waals surface area contributed by atoms with Crippen molar-refractivity contribution in [3.05, 3.63) is 29.3 Å². The number of likely N-dealkylation sites (N-methyl/N-ethyl adjacent to an activating group) is 1. The molecule has 0 bridgehead atoms. The lowest BCUT2D eigenvalue weighted by Crippen LogP contribution is -2.42. The van der Waals surface area contributed by atoms with Crippen molar-refractivity contribution in [3.63, 3.8) is 0 Å². The number of urea groups is 1. The highest BCUT2D eigenvalue weighted by atomic mass is 32.2. The van der Waals surface area contributed by atoms with Gasteiger partial charge in [-0.25, -0.2) is 17.5 Å². The van der Waals surface area contributed by atoms with Gasteiger partial charge in [0.05, 0.1) is 12.3 Å². The molecule has 0 radical (unpaired) electrons. The van der Waals surface area contributed by atoms with E-state index in [1.807, 2.05) is 26.0 Å². The van der Waals surface area contributed by atoms with Crippen LogP contribution in [0, 0.1) is 13.8 Å². The normalized spacial score (nSPS) is 11.4. The molecular weight excluding hydrogens is 330 g/mol. The molecule has 0 fully saturated rings. The Balaban J connectivity index is 2.34. The largest absolute Gasteiger partial charge is 0.492 e. The summed E-state index contributed by atoms with van der Waals surface area (Å²) in [7, 11) is 1.27. The Morgan fingerprint density at radius 3 is 2.25 bits per heavy atom. The summed E-state index contributed by atoms with van der Waals surface area (Å²) in [4.78, 5) is 13.4. The lowest BCUT2D eigenvalue weighted by atomic mass is 10.1. The zero-order valence-corrected chi connectivity index (χ0v) is 15.8. The molecule has 0 aliphatic rings. The summed E-state index contributed by atoms with van der Waals surface area (Å²) in [5, 5.41) is 2.59. The third-order valence-electron chi connectivity index (χ3n) is 3.43. The van der Waals surface area contributed by atoms with Crippen LogP contribution in [-0.4, -0.2) is 70.2 Å². The van der Waals surface area contributed by atoms with Crippen molar-refractivity contribution in [2.24, 2.45) is 0 Å². The molecule has 0 heterocycles. The molecule has 0 spiro atoms. The minimum absolute atomic E-state index is 0.0711. The number of hydrogen-bond donors (Lipinski definition) is 1. The van der Waals surface area contributed by atoms with Gasteiger partial charge in [0.2, 0.25) is 10.0 Å². The first kappa shape index (κ1) is 20.2. The van der Waals surface area contributed by atoms with Crippen LogP contribution in [0.4, 0.5) is 4.79 Å². The molecule has 0 saturated carbocycles. The Labute approximate surface area is 144 Å². The SMILES string of the molecule is Cc1cc(C)cc(OCCN(C)C(=O)NCCS(=O)(=O)N(C)C)c1. The van der Waals surface area contributed by atoms with Gasteiger partial charge in [-0.2, -0.15) is 0 Å². The van der Waals surface area contributed by atoms with Crippen LogP contribution in [0.5, 0.6) is 5.75 Å². The Bertz CT molecular complexity index is 639. The number of ether oxygens (including phenoxy) is 1. The van der Waals surface area contributed by atoms with Crippen molar-refractivity contribution in [1.29, 1.82) is 0 Å². The number of benzene rings is 1. The molecule has 1 N–H and O–H groups in total. The van der Waals surface area contributed by atoms with E-state index in [0.717, 1.165) is 21.2 Å². The molecular formula is C16H27N3O4S. The van der Waals surface area contributed by atoms with Gasteiger partial charge >= 0.3 is 6.03 Å². The van der Waals surface area contributed by atoms with Gasteiger partial charge in [0.1, 0.15) is 12.4 Å². The van der Waals surface area contributed by atoms with Gasteiger partial charge in [0, 0.05) is 27.7 Å². The second-order valence-electron chi connectivity index (χ2n) is 5.92. The number of nitrogens with one attached hydrogen (secondary N) is 1. The Hall–Kier alpha value is -1.80. The molecule has 7 nitrogen and oxygen atoms in total. The van der Waals surface area contributed by atoms with E-state index in [1.54, 1.807) is 7.05 Å². The quantitative estimate of drug-likeness (QED) is 0.759. The van der Waals surface area contributed by atoms with Crippen molar-refractivity contribution in [3.8, 4) is 5.75 Å². The van der Waals surface area contributed by atoms with E-state index in [-0.39, 0.29) is 18.3 Å². The summed E-state index contributed by atoms with van der Waals surface area (Å²) >= 11 is 0. The molecule has 1 rings (SSSR count). The summed E-state index contributed by atoms with van der Waals surface area (Å²) in [6, 6.07) is 5.63. The first-order valence-electron chi connectivity index (χ1n) is 7.72. The number of rotatable bonds is 8. The monoisotopic (exact) mass is 357 g/mol. The van der Waals surface area contributed by atoms with Gasteiger partial charge in [-0.3, -0.25) is 0 Å². The van der Waals surface area contributed by atoms with Crippen LogP contribution in [0.3, 0.4) is 0 Å². The molecule has 24 heavy (non-hydrogen) atoms.